The third-order valence-electron chi connectivity index (χ3n) is 1.31. The number of nitrogens with one attached hydrogen (secondary N) is 1. The minimum absolute atomic E-state index is 0. The molecule has 0 aromatic rings. The van der Waals surface area contributed by atoms with Crippen molar-refractivity contribution in [1.82, 2.24) is 5.32 Å². The summed E-state index contributed by atoms with van der Waals surface area (Å²) < 4.78 is 32.4. The molecule has 1 aliphatic rings. The van der Waals surface area contributed by atoms with E-state index in [4.69, 9.17) is 4.55 Å². The fourth-order valence-electron chi connectivity index (χ4n) is 0.858. The van der Waals surface area contributed by atoms with E-state index in [0.717, 1.165) is 12.4 Å². The zero-order valence-electron chi connectivity index (χ0n) is 8.36. The van der Waals surface area contributed by atoms with Crippen LogP contribution < -0.4 is 34.9 Å². The number of hydrogen-bond acceptors (Lipinski definition) is 5. The van der Waals surface area contributed by atoms with E-state index in [0.29, 0.717) is 13.0 Å². The molecule has 8 heteroatoms. The average Bonchev–Trinajstić information content (AvgIpc) is 2.36. The summed E-state index contributed by atoms with van der Waals surface area (Å²) in [5, 5.41) is 2.94. The third kappa shape index (κ3) is 6.42. The fraction of sp³-hybridized carbons (Fsp3) is 0.800. The number of amidine groups is 1. The average molecular weight is 218 g/mol. The van der Waals surface area contributed by atoms with Gasteiger partial charge in [-0.15, -0.1) is 0 Å². The van der Waals surface area contributed by atoms with Gasteiger partial charge in [-0.25, -0.2) is 4.18 Å². The molecule has 6 nitrogen and oxygen atoms in total. The van der Waals surface area contributed by atoms with Crippen molar-refractivity contribution in [2.24, 2.45) is 4.99 Å². The summed E-state index contributed by atoms with van der Waals surface area (Å²) in [6.07, 6.45) is 0.375. The SMILES string of the molecule is O=S(=O)(O)OCCC1=NCCN1.[H-].[Na+]. The minimum Gasteiger partial charge on any atom is -1.00 e. The van der Waals surface area contributed by atoms with Gasteiger partial charge in [-0.05, 0) is 0 Å². The molecular weight excluding hydrogens is 207 g/mol. The van der Waals surface area contributed by atoms with Gasteiger partial charge in [0.05, 0.1) is 19.0 Å². The zero-order chi connectivity index (χ0) is 9.03. The van der Waals surface area contributed by atoms with Crippen molar-refractivity contribution in [3.05, 3.63) is 0 Å². The van der Waals surface area contributed by atoms with E-state index in [9.17, 15) is 8.42 Å². The topological polar surface area (TPSA) is 88.0 Å². The van der Waals surface area contributed by atoms with Gasteiger partial charge in [-0.1, -0.05) is 0 Å². The summed E-state index contributed by atoms with van der Waals surface area (Å²) in [5.74, 6) is 0.721. The van der Waals surface area contributed by atoms with Crippen LogP contribution in [-0.4, -0.2) is 38.5 Å². The Labute approximate surface area is 100 Å². The van der Waals surface area contributed by atoms with Crippen LogP contribution in [0, 0.1) is 0 Å². The van der Waals surface area contributed by atoms with E-state index in [2.05, 4.69) is 14.5 Å². The van der Waals surface area contributed by atoms with Crippen LogP contribution in [0.15, 0.2) is 4.99 Å². The molecule has 13 heavy (non-hydrogen) atoms. The van der Waals surface area contributed by atoms with Gasteiger partial charge in [0.15, 0.2) is 0 Å². The van der Waals surface area contributed by atoms with E-state index in [-0.39, 0.29) is 37.6 Å². The Morgan fingerprint density at radius 2 is 2.38 bits per heavy atom. The van der Waals surface area contributed by atoms with Gasteiger partial charge in [0.1, 0.15) is 0 Å². The molecule has 1 rings (SSSR count). The molecule has 0 fully saturated rings. The molecule has 0 radical (unpaired) electrons. The quantitative estimate of drug-likeness (QED) is 0.375. The Morgan fingerprint density at radius 3 is 2.85 bits per heavy atom. The van der Waals surface area contributed by atoms with Crippen LogP contribution in [0.1, 0.15) is 7.85 Å². The second-order valence-electron chi connectivity index (χ2n) is 2.25. The van der Waals surface area contributed by atoms with E-state index >= 15 is 0 Å². The van der Waals surface area contributed by atoms with Gasteiger partial charge in [0.25, 0.3) is 0 Å². The van der Waals surface area contributed by atoms with Crippen molar-refractivity contribution >= 4 is 16.2 Å². The van der Waals surface area contributed by atoms with Crippen LogP contribution in [0.5, 0.6) is 0 Å². The second-order valence-corrected chi connectivity index (χ2v) is 3.35. The Bertz CT molecular complexity index is 281. The zero-order valence-corrected chi connectivity index (χ0v) is 10.2. The predicted molar refractivity (Wildman–Crippen MR) is 43.5 cm³/mol. The fourth-order valence-corrected chi connectivity index (χ4v) is 1.15. The summed E-state index contributed by atoms with van der Waals surface area (Å²) in [7, 11) is -4.30. The maximum absolute atomic E-state index is 10.1. The largest absolute Gasteiger partial charge is 1.00 e. The number of hydrogen-bond donors (Lipinski definition) is 2. The molecule has 1 heterocycles. The Kier molecular flexibility index (Phi) is 6.10. The van der Waals surface area contributed by atoms with Gasteiger partial charge >= 0.3 is 40.0 Å². The molecule has 0 atom stereocenters. The van der Waals surface area contributed by atoms with Gasteiger partial charge < -0.3 is 6.74 Å². The molecule has 1 aliphatic heterocycles. The molecule has 0 amide bonds. The maximum Gasteiger partial charge on any atom is 1.00 e. The number of aliphatic imine (C=N–C) groups is 1. The standard InChI is InChI=1S/C5H10N2O4S.Na.H/c8-12(9,10)11-4-1-5-6-2-3-7-5;;/h1-4H2,(H,6,7)(H,8,9,10);;/q;+1;-1. The van der Waals surface area contributed by atoms with Crippen LogP contribution in [0.25, 0.3) is 0 Å². The van der Waals surface area contributed by atoms with Gasteiger partial charge in [-0.2, -0.15) is 8.42 Å². The molecular formula is C5H11N2NaO4S. The summed E-state index contributed by atoms with van der Waals surface area (Å²) in [6, 6.07) is 0. The summed E-state index contributed by atoms with van der Waals surface area (Å²) in [6.45, 7) is 1.41. The first-order chi connectivity index (χ1) is 5.58. The molecule has 0 unspecified atom stereocenters. The van der Waals surface area contributed by atoms with Crippen LogP contribution in [0.2, 0.25) is 0 Å². The molecule has 0 aromatic carbocycles. The molecule has 0 saturated carbocycles. The smallest absolute Gasteiger partial charge is 1.00 e. The van der Waals surface area contributed by atoms with E-state index in [1.54, 1.807) is 0 Å². The minimum atomic E-state index is -4.30. The van der Waals surface area contributed by atoms with Crippen LogP contribution in [-0.2, 0) is 14.6 Å². The predicted octanol–water partition coefficient (Wildman–Crippen LogP) is -3.69. The van der Waals surface area contributed by atoms with Crippen LogP contribution in [0.3, 0.4) is 0 Å². The summed E-state index contributed by atoms with van der Waals surface area (Å²) >= 11 is 0. The first-order valence-electron chi connectivity index (χ1n) is 3.47. The van der Waals surface area contributed by atoms with Crippen molar-refractivity contribution < 1.29 is 48.1 Å². The number of rotatable bonds is 4. The second kappa shape index (κ2) is 5.94. The van der Waals surface area contributed by atoms with Crippen molar-refractivity contribution in [2.45, 2.75) is 6.42 Å². The van der Waals surface area contributed by atoms with Crippen LogP contribution >= 0.6 is 0 Å². The molecule has 0 aromatic heterocycles. The monoisotopic (exact) mass is 218 g/mol. The van der Waals surface area contributed by atoms with E-state index < -0.39 is 10.4 Å². The molecule has 0 aliphatic carbocycles. The van der Waals surface area contributed by atoms with Crippen molar-refractivity contribution in [1.29, 1.82) is 0 Å². The molecule has 0 bridgehead atoms. The molecule has 2 N–H and O–H groups in total. The van der Waals surface area contributed by atoms with Crippen LogP contribution in [0.4, 0.5) is 0 Å². The number of nitrogens with zero attached hydrogens (tertiary/aromatic N) is 1. The first kappa shape index (κ1) is 13.3. The molecule has 72 valence electrons. The van der Waals surface area contributed by atoms with Gasteiger partial charge in [0, 0.05) is 13.0 Å². The first-order valence-corrected chi connectivity index (χ1v) is 4.83. The Morgan fingerprint density at radius 1 is 1.69 bits per heavy atom. The summed E-state index contributed by atoms with van der Waals surface area (Å²) in [4.78, 5) is 4.00. The van der Waals surface area contributed by atoms with E-state index in [1.165, 1.54) is 0 Å². The van der Waals surface area contributed by atoms with Gasteiger partial charge in [-0.3, -0.25) is 9.55 Å². The molecule has 0 saturated heterocycles. The summed E-state index contributed by atoms with van der Waals surface area (Å²) in [5.41, 5.74) is 0. The maximum atomic E-state index is 10.1. The van der Waals surface area contributed by atoms with Crippen molar-refractivity contribution in [3.8, 4) is 0 Å². The van der Waals surface area contributed by atoms with Gasteiger partial charge in [0.2, 0.25) is 0 Å². The van der Waals surface area contributed by atoms with Crippen molar-refractivity contribution in [3.63, 3.8) is 0 Å². The third-order valence-corrected chi connectivity index (χ3v) is 1.78. The molecule has 0 spiro atoms. The Balaban J connectivity index is 0. The van der Waals surface area contributed by atoms with Crippen molar-refractivity contribution in [2.75, 3.05) is 19.7 Å². The Hall–Kier alpha value is 0.340. The van der Waals surface area contributed by atoms with E-state index in [1.807, 2.05) is 0 Å². The normalized spacial score (nSPS) is 15.9.